The number of aromatic nitrogens is 2. The zero-order valence-corrected chi connectivity index (χ0v) is 22.7. The SMILES string of the molecule is CCCCCCCCCCCCc1cnc(-c2ccc(OCCC(F)CCCC(F)CC)cc2)nc1. The maximum atomic E-state index is 14.0. The van der Waals surface area contributed by atoms with Crippen LogP contribution in [0.1, 0.15) is 116 Å². The van der Waals surface area contributed by atoms with Gasteiger partial charge in [0, 0.05) is 24.4 Å². The van der Waals surface area contributed by atoms with Gasteiger partial charge in [-0.15, -0.1) is 0 Å². The van der Waals surface area contributed by atoms with Crippen molar-refractivity contribution in [2.75, 3.05) is 6.61 Å². The molecule has 2 unspecified atom stereocenters. The third-order valence-corrected chi connectivity index (χ3v) is 6.81. The molecule has 0 saturated heterocycles. The summed E-state index contributed by atoms with van der Waals surface area (Å²) in [6.45, 7) is 4.40. The predicted octanol–water partition coefficient (Wildman–Crippen LogP) is 9.63. The van der Waals surface area contributed by atoms with Crippen molar-refractivity contribution in [1.82, 2.24) is 9.97 Å². The molecule has 202 valence electrons. The van der Waals surface area contributed by atoms with E-state index in [0.29, 0.717) is 50.3 Å². The molecule has 0 bridgehead atoms. The lowest BCUT2D eigenvalue weighted by Crippen LogP contribution is -2.09. The third-order valence-electron chi connectivity index (χ3n) is 6.81. The van der Waals surface area contributed by atoms with E-state index < -0.39 is 12.3 Å². The van der Waals surface area contributed by atoms with Crippen molar-refractivity contribution in [2.24, 2.45) is 0 Å². The van der Waals surface area contributed by atoms with Gasteiger partial charge in [-0.1, -0.05) is 71.6 Å². The van der Waals surface area contributed by atoms with Crippen molar-refractivity contribution in [3.05, 3.63) is 42.2 Å². The monoisotopic (exact) mass is 502 g/mol. The number of nitrogens with zero attached hydrogens (tertiary/aromatic N) is 2. The number of unbranched alkanes of at least 4 members (excludes halogenated alkanes) is 9. The molecule has 5 heteroatoms. The van der Waals surface area contributed by atoms with Crippen LogP contribution in [0.15, 0.2) is 36.7 Å². The van der Waals surface area contributed by atoms with E-state index in [2.05, 4.69) is 16.9 Å². The number of hydrogen-bond donors (Lipinski definition) is 0. The molecular formula is C31H48F2N2O. The van der Waals surface area contributed by atoms with Crippen molar-refractivity contribution in [3.8, 4) is 17.1 Å². The molecule has 2 rings (SSSR count). The standard InChI is InChI=1S/C31H48F2N2O/c1-3-5-6-7-8-9-10-11-12-13-15-26-24-34-31(35-25-26)27-18-20-30(21-19-27)36-23-22-29(33)17-14-16-28(32)4-2/h18-21,24-25,28-29H,3-17,22-23H2,1-2H3. The van der Waals surface area contributed by atoms with Crippen LogP contribution in [0.3, 0.4) is 0 Å². The number of ether oxygens (including phenoxy) is 1. The van der Waals surface area contributed by atoms with E-state index in [-0.39, 0.29) is 0 Å². The normalized spacial score (nSPS) is 13.0. The fourth-order valence-electron chi connectivity index (χ4n) is 4.36. The minimum atomic E-state index is -0.944. The number of aryl methyl sites for hydroxylation is 1. The second-order valence-corrected chi connectivity index (χ2v) is 10.0. The van der Waals surface area contributed by atoms with Gasteiger partial charge in [0.2, 0.25) is 0 Å². The van der Waals surface area contributed by atoms with Crippen molar-refractivity contribution in [1.29, 1.82) is 0 Å². The summed E-state index contributed by atoms with van der Waals surface area (Å²) in [5, 5.41) is 0. The van der Waals surface area contributed by atoms with Crippen LogP contribution in [-0.4, -0.2) is 28.9 Å². The fraction of sp³-hybridized carbons (Fsp3) is 0.677. The Bertz CT molecular complexity index is 782. The van der Waals surface area contributed by atoms with E-state index in [1.807, 2.05) is 43.6 Å². The van der Waals surface area contributed by atoms with Gasteiger partial charge in [0.05, 0.1) is 12.8 Å². The number of halogens is 2. The molecule has 0 aliphatic carbocycles. The summed E-state index contributed by atoms with van der Waals surface area (Å²) in [4.78, 5) is 9.09. The minimum Gasteiger partial charge on any atom is -0.493 e. The van der Waals surface area contributed by atoms with Gasteiger partial charge < -0.3 is 4.74 Å². The quantitative estimate of drug-likeness (QED) is 0.159. The highest BCUT2D eigenvalue weighted by Gasteiger charge is 2.10. The van der Waals surface area contributed by atoms with Gasteiger partial charge >= 0.3 is 0 Å². The van der Waals surface area contributed by atoms with Crippen LogP contribution in [0.2, 0.25) is 0 Å². The van der Waals surface area contributed by atoms with Crippen LogP contribution in [-0.2, 0) is 6.42 Å². The molecule has 1 aromatic carbocycles. The average molecular weight is 503 g/mol. The molecule has 0 saturated carbocycles. The second-order valence-electron chi connectivity index (χ2n) is 10.0. The van der Waals surface area contributed by atoms with Gasteiger partial charge in [0.25, 0.3) is 0 Å². The van der Waals surface area contributed by atoms with Crippen molar-refractivity contribution >= 4 is 0 Å². The number of benzene rings is 1. The highest BCUT2D eigenvalue weighted by atomic mass is 19.1. The van der Waals surface area contributed by atoms with Crippen LogP contribution in [0, 0.1) is 0 Å². The van der Waals surface area contributed by atoms with E-state index in [1.165, 1.54) is 69.8 Å². The summed E-state index contributed by atoms with van der Waals surface area (Å²) in [7, 11) is 0. The van der Waals surface area contributed by atoms with Crippen molar-refractivity contribution < 1.29 is 13.5 Å². The average Bonchev–Trinajstić information content (AvgIpc) is 2.90. The Hall–Kier alpha value is -2.04. The molecule has 0 aliphatic heterocycles. The molecule has 3 nitrogen and oxygen atoms in total. The molecule has 0 spiro atoms. The van der Waals surface area contributed by atoms with Gasteiger partial charge in [-0.3, -0.25) is 0 Å². The number of alkyl halides is 2. The van der Waals surface area contributed by atoms with Crippen LogP contribution >= 0.6 is 0 Å². The molecule has 2 aromatic rings. The minimum absolute atomic E-state index is 0.317. The van der Waals surface area contributed by atoms with E-state index in [1.54, 1.807) is 0 Å². The zero-order chi connectivity index (χ0) is 25.8. The molecule has 1 aromatic heterocycles. The molecule has 0 fully saturated rings. The Morgan fingerprint density at radius 1 is 0.694 bits per heavy atom. The Morgan fingerprint density at radius 2 is 1.28 bits per heavy atom. The zero-order valence-electron chi connectivity index (χ0n) is 22.7. The summed E-state index contributed by atoms with van der Waals surface area (Å²) in [5.41, 5.74) is 2.13. The van der Waals surface area contributed by atoms with Crippen molar-refractivity contribution in [2.45, 2.75) is 129 Å². The Kier molecular flexibility index (Phi) is 16.0. The fourth-order valence-corrected chi connectivity index (χ4v) is 4.36. The van der Waals surface area contributed by atoms with E-state index >= 15 is 0 Å². The predicted molar refractivity (Wildman–Crippen MR) is 147 cm³/mol. The van der Waals surface area contributed by atoms with Gasteiger partial charge in [-0.25, -0.2) is 18.7 Å². The Morgan fingerprint density at radius 3 is 1.89 bits per heavy atom. The first kappa shape index (κ1) is 30.2. The van der Waals surface area contributed by atoms with Crippen LogP contribution in [0.25, 0.3) is 11.4 Å². The van der Waals surface area contributed by atoms with Crippen LogP contribution in [0.4, 0.5) is 8.78 Å². The summed E-state index contributed by atoms with van der Waals surface area (Å²) >= 11 is 0. The lowest BCUT2D eigenvalue weighted by atomic mass is 10.0. The second kappa shape index (κ2) is 19.1. The third kappa shape index (κ3) is 13.3. The van der Waals surface area contributed by atoms with Crippen LogP contribution < -0.4 is 4.74 Å². The molecule has 2 atom stereocenters. The summed E-state index contributed by atoms with van der Waals surface area (Å²) in [6, 6.07) is 7.62. The maximum absolute atomic E-state index is 14.0. The summed E-state index contributed by atoms with van der Waals surface area (Å²) < 4.78 is 32.8. The largest absolute Gasteiger partial charge is 0.493 e. The van der Waals surface area contributed by atoms with E-state index in [9.17, 15) is 8.78 Å². The lowest BCUT2D eigenvalue weighted by Gasteiger charge is -2.11. The highest BCUT2D eigenvalue weighted by Crippen LogP contribution is 2.21. The van der Waals surface area contributed by atoms with Gasteiger partial charge in [0.15, 0.2) is 5.82 Å². The van der Waals surface area contributed by atoms with Crippen LogP contribution in [0.5, 0.6) is 5.75 Å². The first-order chi connectivity index (χ1) is 17.6. The smallest absolute Gasteiger partial charge is 0.159 e. The van der Waals surface area contributed by atoms with E-state index in [4.69, 9.17) is 4.74 Å². The molecule has 0 radical (unpaired) electrons. The first-order valence-corrected chi connectivity index (χ1v) is 14.4. The molecule has 36 heavy (non-hydrogen) atoms. The summed E-state index contributed by atoms with van der Waals surface area (Å²) in [5.74, 6) is 1.41. The molecular weight excluding hydrogens is 454 g/mol. The number of rotatable bonds is 21. The maximum Gasteiger partial charge on any atom is 0.159 e. The molecule has 0 amide bonds. The van der Waals surface area contributed by atoms with Gasteiger partial charge in [-0.2, -0.15) is 0 Å². The highest BCUT2D eigenvalue weighted by molar-refractivity contribution is 5.55. The van der Waals surface area contributed by atoms with Gasteiger partial charge in [0.1, 0.15) is 11.9 Å². The van der Waals surface area contributed by atoms with Crippen molar-refractivity contribution in [3.63, 3.8) is 0 Å². The molecule has 0 N–H and O–H groups in total. The lowest BCUT2D eigenvalue weighted by molar-refractivity contribution is 0.214. The number of hydrogen-bond acceptors (Lipinski definition) is 3. The molecule has 0 aliphatic rings. The van der Waals surface area contributed by atoms with Gasteiger partial charge in [-0.05, 0) is 68.4 Å². The molecule has 1 heterocycles. The first-order valence-electron chi connectivity index (χ1n) is 14.4. The Labute approximate surface area is 218 Å². The van der Waals surface area contributed by atoms with E-state index in [0.717, 1.165) is 12.0 Å². The Balaban J connectivity index is 1.60. The summed E-state index contributed by atoms with van der Waals surface area (Å²) in [6.07, 6.45) is 18.8. The topological polar surface area (TPSA) is 35.0 Å².